The fraction of sp³-hybridized carbons (Fsp3) is 0.0769. The van der Waals surface area contributed by atoms with Crippen LogP contribution >= 0.6 is 0 Å². The van der Waals surface area contributed by atoms with E-state index in [2.05, 4.69) is 4.74 Å². The van der Waals surface area contributed by atoms with E-state index in [1.165, 1.54) is 13.2 Å². The number of esters is 1. The Labute approximate surface area is 94.3 Å². The van der Waals surface area contributed by atoms with Crippen molar-refractivity contribution in [2.45, 2.75) is 0 Å². The zero-order chi connectivity index (χ0) is 11.8. The van der Waals surface area contributed by atoms with E-state index in [1.54, 1.807) is 18.2 Å². The third kappa shape index (κ3) is 3.43. The van der Waals surface area contributed by atoms with Gasteiger partial charge in [0.25, 0.3) is 0 Å². The highest BCUT2D eigenvalue weighted by Gasteiger charge is 2.05. The number of carbonyl (C=O) groups is 1. The lowest BCUT2D eigenvalue weighted by molar-refractivity contribution is -0.135. The van der Waals surface area contributed by atoms with E-state index >= 15 is 0 Å². The molecule has 0 bridgehead atoms. The number of methoxy groups -OCH3 is 1. The van der Waals surface area contributed by atoms with Gasteiger partial charge in [0.15, 0.2) is 0 Å². The summed E-state index contributed by atoms with van der Waals surface area (Å²) >= 11 is 0. The van der Waals surface area contributed by atoms with Crippen molar-refractivity contribution in [1.82, 2.24) is 0 Å². The quantitative estimate of drug-likeness (QED) is 0.335. The molecular weight excluding hydrogens is 202 g/mol. The molecule has 1 aromatic rings. The molecular formula is C13H11NO2. The summed E-state index contributed by atoms with van der Waals surface area (Å²) in [5, 5.41) is 8.67. The topological polar surface area (TPSA) is 50.1 Å². The average Bonchev–Trinajstić information content (AvgIpc) is 2.35. The molecule has 0 saturated heterocycles. The van der Waals surface area contributed by atoms with Gasteiger partial charge in [-0.05, 0) is 11.6 Å². The van der Waals surface area contributed by atoms with Gasteiger partial charge in [0.2, 0.25) is 0 Å². The molecule has 0 aliphatic carbocycles. The van der Waals surface area contributed by atoms with Crippen molar-refractivity contribution in [3.8, 4) is 6.07 Å². The maximum Gasteiger partial charge on any atom is 0.348 e. The van der Waals surface area contributed by atoms with Gasteiger partial charge in [-0.15, -0.1) is 0 Å². The van der Waals surface area contributed by atoms with Gasteiger partial charge in [-0.3, -0.25) is 0 Å². The predicted octanol–water partition coefficient (Wildman–Crippen LogP) is 2.32. The fourth-order valence-corrected chi connectivity index (χ4v) is 1.08. The van der Waals surface area contributed by atoms with Crippen molar-refractivity contribution in [3.63, 3.8) is 0 Å². The van der Waals surface area contributed by atoms with Crippen LogP contribution in [0.4, 0.5) is 0 Å². The second kappa shape index (κ2) is 6.20. The molecule has 3 nitrogen and oxygen atoms in total. The summed E-state index contributed by atoms with van der Waals surface area (Å²) in [6.07, 6.45) is 4.88. The van der Waals surface area contributed by atoms with Gasteiger partial charge in [0, 0.05) is 0 Å². The number of nitriles is 1. The first-order valence-electron chi connectivity index (χ1n) is 4.69. The summed E-state index contributed by atoms with van der Waals surface area (Å²) in [5.74, 6) is -0.625. The molecule has 0 amide bonds. The van der Waals surface area contributed by atoms with E-state index in [1.807, 2.05) is 30.3 Å². The van der Waals surface area contributed by atoms with Crippen LogP contribution in [-0.2, 0) is 9.53 Å². The van der Waals surface area contributed by atoms with Crippen molar-refractivity contribution in [2.75, 3.05) is 7.11 Å². The minimum atomic E-state index is -0.625. The summed E-state index contributed by atoms with van der Waals surface area (Å²) in [7, 11) is 1.24. The molecule has 0 unspecified atom stereocenters. The number of benzene rings is 1. The Hall–Kier alpha value is -2.34. The molecule has 0 aromatic heterocycles. The molecule has 0 radical (unpaired) electrons. The van der Waals surface area contributed by atoms with Crippen LogP contribution in [0.3, 0.4) is 0 Å². The first-order chi connectivity index (χ1) is 7.77. The number of hydrogen-bond donors (Lipinski definition) is 0. The zero-order valence-corrected chi connectivity index (χ0v) is 8.88. The van der Waals surface area contributed by atoms with Gasteiger partial charge in [-0.2, -0.15) is 5.26 Å². The lowest BCUT2D eigenvalue weighted by Gasteiger charge is -1.93. The number of allylic oxidation sites excluding steroid dienone is 2. The Balaban J connectivity index is 2.76. The lowest BCUT2D eigenvalue weighted by Crippen LogP contribution is -2.02. The van der Waals surface area contributed by atoms with E-state index in [4.69, 9.17) is 5.26 Å². The van der Waals surface area contributed by atoms with Crippen LogP contribution in [0.5, 0.6) is 0 Å². The van der Waals surface area contributed by atoms with E-state index in [0.29, 0.717) is 0 Å². The molecule has 1 rings (SSSR count). The number of nitrogens with zero attached hydrogens (tertiary/aromatic N) is 1. The molecule has 0 heterocycles. The van der Waals surface area contributed by atoms with Crippen molar-refractivity contribution in [1.29, 1.82) is 5.26 Å². The summed E-state index contributed by atoms with van der Waals surface area (Å²) in [5.41, 5.74) is 0.982. The van der Waals surface area contributed by atoms with Gasteiger partial charge in [-0.25, -0.2) is 4.79 Å². The summed E-state index contributed by atoms with van der Waals surface area (Å²) < 4.78 is 4.44. The minimum absolute atomic E-state index is 0.0188. The van der Waals surface area contributed by atoms with Gasteiger partial charge in [-0.1, -0.05) is 42.5 Å². The predicted molar refractivity (Wildman–Crippen MR) is 61.2 cm³/mol. The Morgan fingerprint density at radius 3 is 2.62 bits per heavy atom. The SMILES string of the molecule is COC(=O)C(C#N)=CC=Cc1ccccc1. The van der Waals surface area contributed by atoms with Crippen LogP contribution in [-0.4, -0.2) is 13.1 Å². The highest BCUT2D eigenvalue weighted by atomic mass is 16.5. The minimum Gasteiger partial charge on any atom is -0.465 e. The van der Waals surface area contributed by atoms with Crippen LogP contribution in [0.2, 0.25) is 0 Å². The van der Waals surface area contributed by atoms with Gasteiger partial charge < -0.3 is 4.74 Å². The summed E-state index contributed by atoms with van der Waals surface area (Å²) in [6, 6.07) is 11.4. The smallest absolute Gasteiger partial charge is 0.348 e. The lowest BCUT2D eigenvalue weighted by atomic mass is 10.2. The van der Waals surface area contributed by atoms with Crippen LogP contribution in [0.15, 0.2) is 48.1 Å². The van der Waals surface area contributed by atoms with Gasteiger partial charge in [0.05, 0.1) is 7.11 Å². The summed E-state index contributed by atoms with van der Waals surface area (Å²) in [4.78, 5) is 11.0. The molecule has 0 aliphatic rings. The normalized spacial score (nSPS) is 11.1. The number of rotatable bonds is 3. The van der Waals surface area contributed by atoms with Crippen molar-refractivity contribution in [2.24, 2.45) is 0 Å². The Morgan fingerprint density at radius 2 is 2.06 bits per heavy atom. The van der Waals surface area contributed by atoms with E-state index in [0.717, 1.165) is 5.56 Å². The van der Waals surface area contributed by atoms with Crippen LogP contribution < -0.4 is 0 Å². The first kappa shape index (κ1) is 11.7. The molecule has 0 N–H and O–H groups in total. The Morgan fingerprint density at radius 1 is 1.38 bits per heavy atom. The van der Waals surface area contributed by atoms with E-state index in [9.17, 15) is 4.79 Å². The van der Waals surface area contributed by atoms with Crippen LogP contribution in [0.1, 0.15) is 5.56 Å². The molecule has 3 heteroatoms. The van der Waals surface area contributed by atoms with Crippen molar-refractivity contribution >= 4 is 12.0 Å². The Kier molecular flexibility index (Phi) is 4.55. The zero-order valence-electron chi connectivity index (χ0n) is 8.88. The second-order valence-corrected chi connectivity index (χ2v) is 2.95. The monoisotopic (exact) mass is 213 g/mol. The average molecular weight is 213 g/mol. The van der Waals surface area contributed by atoms with Crippen LogP contribution in [0.25, 0.3) is 6.08 Å². The first-order valence-corrected chi connectivity index (χ1v) is 4.69. The second-order valence-electron chi connectivity index (χ2n) is 2.95. The summed E-state index contributed by atoms with van der Waals surface area (Å²) in [6.45, 7) is 0. The maximum absolute atomic E-state index is 11.0. The largest absolute Gasteiger partial charge is 0.465 e. The fourth-order valence-electron chi connectivity index (χ4n) is 1.08. The van der Waals surface area contributed by atoms with E-state index < -0.39 is 5.97 Å². The highest BCUT2D eigenvalue weighted by Crippen LogP contribution is 2.02. The molecule has 16 heavy (non-hydrogen) atoms. The van der Waals surface area contributed by atoms with Gasteiger partial charge in [0.1, 0.15) is 11.6 Å². The van der Waals surface area contributed by atoms with Gasteiger partial charge >= 0.3 is 5.97 Å². The number of carbonyl (C=O) groups excluding carboxylic acids is 1. The molecule has 80 valence electrons. The maximum atomic E-state index is 11.0. The molecule has 0 saturated carbocycles. The molecule has 0 aliphatic heterocycles. The molecule has 0 fully saturated rings. The Bertz CT molecular complexity index is 453. The third-order valence-electron chi connectivity index (χ3n) is 1.88. The molecule has 1 aromatic carbocycles. The van der Waals surface area contributed by atoms with Crippen molar-refractivity contribution < 1.29 is 9.53 Å². The number of ether oxygens (including phenoxy) is 1. The third-order valence-corrected chi connectivity index (χ3v) is 1.88. The molecule has 0 atom stereocenters. The number of hydrogen-bond acceptors (Lipinski definition) is 3. The standard InChI is InChI=1S/C13H11NO2/c1-16-13(15)12(10-14)9-5-8-11-6-3-2-4-7-11/h2-9H,1H3. The molecule has 0 spiro atoms. The van der Waals surface area contributed by atoms with Crippen molar-refractivity contribution in [3.05, 3.63) is 53.6 Å². The van der Waals surface area contributed by atoms with Crippen LogP contribution in [0, 0.1) is 11.3 Å². The highest BCUT2D eigenvalue weighted by molar-refractivity contribution is 5.93. The van der Waals surface area contributed by atoms with E-state index in [-0.39, 0.29) is 5.57 Å².